The molecule has 1 saturated carbocycles. The van der Waals surface area contributed by atoms with E-state index in [2.05, 4.69) is 0 Å². The molecule has 0 spiro atoms. The van der Waals surface area contributed by atoms with E-state index in [4.69, 9.17) is 5.11 Å². The monoisotopic (exact) mass is 254 g/mol. The summed E-state index contributed by atoms with van der Waals surface area (Å²) in [5.41, 5.74) is 0.381. The van der Waals surface area contributed by atoms with Crippen LogP contribution in [0.15, 0.2) is 29.2 Å². The lowest BCUT2D eigenvalue weighted by molar-refractivity contribution is -0.136. The van der Waals surface area contributed by atoms with Crippen LogP contribution in [-0.4, -0.2) is 24.7 Å². The third-order valence-corrected chi connectivity index (χ3v) is 5.47. The molecule has 0 aliphatic heterocycles. The molecule has 1 fully saturated rings. The Kier molecular flexibility index (Phi) is 3.19. The van der Waals surface area contributed by atoms with Crippen molar-refractivity contribution in [3.8, 4) is 0 Å². The second-order valence-electron chi connectivity index (χ2n) is 4.28. The molecular weight excluding hydrogens is 240 g/mol. The van der Waals surface area contributed by atoms with E-state index >= 15 is 0 Å². The zero-order valence-electron chi connectivity index (χ0n) is 9.30. The smallest absolute Gasteiger partial charge is 0.307 e. The maximum absolute atomic E-state index is 12.2. The summed E-state index contributed by atoms with van der Waals surface area (Å²) in [5, 5.41) is 8.45. The van der Waals surface area contributed by atoms with E-state index in [-0.39, 0.29) is 16.6 Å². The number of carbonyl (C=O) groups is 1. The molecule has 0 aromatic heterocycles. The Morgan fingerprint density at radius 1 is 1.29 bits per heavy atom. The van der Waals surface area contributed by atoms with E-state index in [1.807, 2.05) is 0 Å². The number of sulfone groups is 1. The normalized spacial score (nSPS) is 16.5. The predicted octanol–water partition coefficient (Wildman–Crippen LogP) is 1.64. The Bertz CT molecular complexity index is 529. The van der Waals surface area contributed by atoms with E-state index in [0.29, 0.717) is 18.4 Å². The second-order valence-corrected chi connectivity index (χ2v) is 6.47. The molecule has 0 atom stereocenters. The lowest BCUT2D eigenvalue weighted by Gasteiger charge is -2.26. The first kappa shape index (κ1) is 12.1. The van der Waals surface area contributed by atoms with E-state index < -0.39 is 15.8 Å². The van der Waals surface area contributed by atoms with Crippen LogP contribution in [0, 0.1) is 0 Å². The topological polar surface area (TPSA) is 71.4 Å². The molecule has 5 heteroatoms. The van der Waals surface area contributed by atoms with Crippen molar-refractivity contribution in [2.45, 2.75) is 35.8 Å². The summed E-state index contributed by atoms with van der Waals surface area (Å²) < 4.78 is 24.4. The number of carboxylic acids is 1. The van der Waals surface area contributed by atoms with Gasteiger partial charge in [0.2, 0.25) is 0 Å². The van der Waals surface area contributed by atoms with Crippen molar-refractivity contribution >= 4 is 15.8 Å². The fraction of sp³-hybridized carbons (Fsp3) is 0.417. The molecule has 2 rings (SSSR count). The molecule has 17 heavy (non-hydrogen) atoms. The molecule has 1 N–H and O–H groups in total. The van der Waals surface area contributed by atoms with Crippen LogP contribution in [0.3, 0.4) is 0 Å². The second kappa shape index (κ2) is 4.49. The molecular formula is C12H14O4S. The molecule has 0 unspecified atom stereocenters. The summed E-state index contributed by atoms with van der Waals surface area (Å²) in [6.45, 7) is 0. The number of hydrogen-bond acceptors (Lipinski definition) is 3. The molecule has 0 amide bonds. The minimum Gasteiger partial charge on any atom is -0.481 e. The number of aliphatic carboxylic acids is 1. The first-order valence-corrected chi connectivity index (χ1v) is 7.10. The van der Waals surface area contributed by atoms with Gasteiger partial charge in [0.1, 0.15) is 0 Å². The molecule has 1 aliphatic rings. The quantitative estimate of drug-likeness (QED) is 0.886. The minimum atomic E-state index is -3.34. The number of benzene rings is 1. The molecule has 0 bridgehead atoms. The highest BCUT2D eigenvalue weighted by Gasteiger charge is 2.33. The summed E-state index contributed by atoms with van der Waals surface area (Å²) in [5.74, 6) is -1.01. The molecule has 0 saturated heterocycles. The van der Waals surface area contributed by atoms with Gasteiger partial charge in [-0.15, -0.1) is 0 Å². The zero-order valence-corrected chi connectivity index (χ0v) is 10.1. The van der Waals surface area contributed by atoms with Gasteiger partial charge in [-0.2, -0.15) is 0 Å². The maximum Gasteiger partial charge on any atom is 0.307 e. The third kappa shape index (κ3) is 2.34. The predicted molar refractivity (Wildman–Crippen MR) is 62.6 cm³/mol. The van der Waals surface area contributed by atoms with Crippen molar-refractivity contribution in [1.82, 2.24) is 0 Å². The molecule has 1 aliphatic carbocycles. The van der Waals surface area contributed by atoms with Crippen LogP contribution in [0.2, 0.25) is 0 Å². The third-order valence-electron chi connectivity index (χ3n) is 3.11. The van der Waals surface area contributed by atoms with Gasteiger partial charge in [0.25, 0.3) is 0 Å². The van der Waals surface area contributed by atoms with Gasteiger partial charge in [0.05, 0.1) is 16.6 Å². The average Bonchev–Trinajstić information content (AvgIpc) is 2.13. The molecule has 92 valence electrons. The highest BCUT2D eigenvalue weighted by atomic mass is 32.2. The lowest BCUT2D eigenvalue weighted by Crippen LogP contribution is -2.29. The summed E-state index contributed by atoms with van der Waals surface area (Å²) in [4.78, 5) is 10.9. The van der Waals surface area contributed by atoms with Crippen molar-refractivity contribution < 1.29 is 18.3 Å². The number of carboxylic acid groups (broad SMARTS) is 1. The van der Waals surface area contributed by atoms with Crippen LogP contribution < -0.4 is 0 Å². The minimum absolute atomic E-state index is 0.187. The van der Waals surface area contributed by atoms with Crippen molar-refractivity contribution in [1.29, 1.82) is 0 Å². The van der Waals surface area contributed by atoms with Gasteiger partial charge in [-0.3, -0.25) is 4.79 Å². The average molecular weight is 254 g/mol. The first-order chi connectivity index (χ1) is 8.01. The molecule has 1 aromatic rings. The largest absolute Gasteiger partial charge is 0.481 e. The van der Waals surface area contributed by atoms with Crippen LogP contribution in [0.5, 0.6) is 0 Å². The number of hydrogen-bond donors (Lipinski definition) is 1. The Morgan fingerprint density at radius 2 is 1.94 bits per heavy atom. The summed E-state index contributed by atoms with van der Waals surface area (Å²) in [6.07, 6.45) is 2.06. The van der Waals surface area contributed by atoms with Crippen molar-refractivity contribution in [3.05, 3.63) is 29.8 Å². The summed E-state index contributed by atoms with van der Waals surface area (Å²) in [7, 11) is -3.34. The van der Waals surface area contributed by atoms with Crippen molar-refractivity contribution in [2.75, 3.05) is 0 Å². The van der Waals surface area contributed by atoms with Crippen LogP contribution in [0.4, 0.5) is 0 Å². The van der Waals surface area contributed by atoms with Crippen molar-refractivity contribution in [2.24, 2.45) is 0 Å². The molecule has 0 heterocycles. The molecule has 4 nitrogen and oxygen atoms in total. The molecule has 0 radical (unpaired) electrons. The first-order valence-electron chi connectivity index (χ1n) is 5.55. The van der Waals surface area contributed by atoms with Gasteiger partial charge >= 0.3 is 5.97 Å². The Morgan fingerprint density at radius 3 is 2.47 bits per heavy atom. The fourth-order valence-electron chi connectivity index (χ4n) is 1.95. The lowest BCUT2D eigenvalue weighted by atomic mass is 10.00. The Balaban J connectivity index is 2.40. The van der Waals surface area contributed by atoms with Crippen LogP contribution in [-0.2, 0) is 21.1 Å². The maximum atomic E-state index is 12.2. The van der Waals surface area contributed by atoms with Gasteiger partial charge in [-0.1, -0.05) is 24.6 Å². The number of rotatable bonds is 4. The van der Waals surface area contributed by atoms with Gasteiger partial charge in [-0.05, 0) is 24.5 Å². The van der Waals surface area contributed by atoms with E-state index in [1.54, 1.807) is 18.2 Å². The fourth-order valence-corrected chi connectivity index (χ4v) is 4.04. The van der Waals surface area contributed by atoms with Gasteiger partial charge in [0.15, 0.2) is 9.84 Å². The summed E-state index contributed by atoms with van der Waals surface area (Å²) >= 11 is 0. The van der Waals surface area contributed by atoms with Gasteiger partial charge < -0.3 is 5.11 Å². The molecule has 1 aromatic carbocycles. The highest BCUT2D eigenvalue weighted by molar-refractivity contribution is 7.92. The summed E-state index contributed by atoms with van der Waals surface area (Å²) in [6, 6.07) is 6.38. The van der Waals surface area contributed by atoms with Gasteiger partial charge in [0, 0.05) is 0 Å². The highest BCUT2D eigenvalue weighted by Crippen LogP contribution is 2.32. The van der Waals surface area contributed by atoms with Crippen molar-refractivity contribution in [3.63, 3.8) is 0 Å². The Labute approximate surface area is 100 Å². The Hall–Kier alpha value is -1.36. The van der Waals surface area contributed by atoms with Crippen LogP contribution in [0.1, 0.15) is 24.8 Å². The van der Waals surface area contributed by atoms with Crippen LogP contribution >= 0.6 is 0 Å². The van der Waals surface area contributed by atoms with E-state index in [0.717, 1.165) is 6.42 Å². The standard InChI is InChI=1S/C12H14O4S/c13-12(14)8-9-4-1-2-7-11(9)17(15,16)10-5-3-6-10/h1-2,4,7,10H,3,5-6,8H2,(H,13,14). The van der Waals surface area contributed by atoms with Gasteiger partial charge in [-0.25, -0.2) is 8.42 Å². The zero-order chi connectivity index (χ0) is 12.5. The van der Waals surface area contributed by atoms with E-state index in [9.17, 15) is 13.2 Å². The SMILES string of the molecule is O=C(O)Cc1ccccc1S(=O)(=O)C1CCC1. The van der Waals surface area contributed by atoms with Crippen LogP contribution in [0.25, 0.3) is 0 Å². The van der Waals surface area contributed by atoms with E-state index in [1.165, 1.54) is 6.07 Å².